The number of amides is 2. The van der Waals surface area contributed by atoms with Crippen molar-refractivity contribution in [3.63, 3.8) is 0 Å². The molecule has 3 saturated heterocycles. The van der Waals surface area contributed by atoms with Gasteiger partial charge >= 0.3 is 6.03 Å². The Hall–Kier alpha value is -1.66. The highest BCUT2D eigenvalue weighted by atomic mass is 19.1. The summed E-state index contributed by atoms with van der Waals surface area (Å²) >= 11 is 0. The van der Waals surface area contributed by atoms with Crippen molar-refractivity contribution in [1.82, 2.24) is 15.1 Å². The first-order chi connectivity index (χ1) is 13.1. The van der Waals surface area contributed by atoms with Gasteiger partial charge in [-0.1, -0.05) is 18.2 Å². The highest BCUT2D eigenvalue weighted by molar-refractivity contribution is 5.74. The van der Waals surface area contributed by atoms with Gasteiger partial charge in [0.2, 0.25) is 0 Å². The van der Waals surface area contributed by atoms with Crippen molar-refractivity contribution in [2.45, 2.75) is 56.7 Å². The van der Waals surface area contributed by atoms with Gasteiger partial charge in [-0.3, -0.25) is 4.90 Å². The van der Waals surface area contributed by atoms with E-state index in [9.17, 15) is 9.18 Å². The summed E-state index contributed by atoms with van der Waals surface area (Å²) in [7, 11) is 0. The van der Waals surface area contributed by atoms with E-state index in [1.807, 2.05) is 17.0 Å². The molecule has 0 aliphatic carbocycles. The Bertz CT molecular complexity index is 653. The number of nitrogens with zero attached hydrogens (tertiary/aromatic N) is 2. The van der Waals surface area contributed by atoms with Gasteiger partial charge in [0.1, 0.15) is 5.82 Å². The molecule has 0 saturated carbocycles. The van der Waals surface area contributed by atoms with Crippen LogP contribution in [0.15, 0.2) is 24.3 Å². The smallest absolute Gasteiger partial charge is 0.317 e. The van der Waals surface area contributed by atoms with Crippen LogP contribution in [0.3, 0.4) is 0 Å². The number of urea groups is 1. The molecule has 1 aromatic carbocycles. The number of likely N-dealkylation sites (tertiary alicyclic amines) is 2. The number of carbonyl (C=O) groups is 1. The van der Waals surface area contributed by atoms with Gasteiger partial charge in [0.05, 0.1) is 5.60 Å². The zero-order valence-corrected chi connectivity index (χ0v) is 16.0. The maximum atomic E-state index is 13.9. The summed E-state index contributed by atoms with van der Waals surface area (Å²) < 4.78 is 19.9. The zero-order valence-electron chi connectivity index (χ0n) is 16.0. The van der Waals surface area contributed by atoms with Gasteiger partial charge in [-0.2, -0.15) is 0 Å². The Labute approximate surface area is 160 Å². The lowest BCUT2D eigenvalue weighted by Crippen LogP contribution is -2.54. The number of ether oxygens (including phenoxy) is 1. The largest absolute Gasteiger partial charge is 0.375 e. The zero-order chi connectivity index (χ0) is 18.7. The fourth-order valence-electron chi connectivity index (χ4n) is 4.72. The molecular formula is C21H30FN3O2. The minimum atomic E-state index is -0.153. The van der Waals surface area contributed by atoms with Crippen LogP contribution in [0.2, 0.25) is 0 Å². The molecule has 2 amide bonds. The topological polar surface area (TPSA) is 44.8 Å². The number of benzene rings is 1. The van der Waals surface area contributed by atoms with E-state index in [0.717, 1.165) is 76.9 Å². The van der Waals surface area contributed by atoms with Crippen LogP contribution in [-0.4, -0.2) is 60.3 Å². The molecular weight excluding hydrogens is 345 g/mol. The molecule has 3 aliphatic heterocycles. The molecule has 3 aliphatic rings. The third-order valence-electron chi connectivity index (χ3n) is 6.33. The molecule has 148 valence electrons. The second-order valence-corrected chi connectivity index (χ2v) is 8.24. The van der Waals surface area contributed by atoms with E-state index in [0.29, 0.717) is 6.54 Å². The van der Waals surface area contributed by atoms with E-state index in [1.54, 1.807) is 6.07 Å². The molecule has 27 heavy (non-hydrogen) atoms. The van der Waals surface area contributed by atoms with Gasteiger partial charge in [-0.05, 0) is 51.1 Å². The first kappa shape index (κ1) is 18.7. The normalized spacial score (nSPS) is 25.7. The molecule has 3 fully saturated rings. The molecule has 6 heteroatoms. The fraction of sp³-hybridized carbons (Fsp3) is 0.667. The first-order valence-corrected chi connectivity index (χ1v) is 10.3. The summed E-state index contributed by atoms with van der Waals surface area (Å²) in [5, 5.41) is 3.21. The lowest BCUT2D eigenvalue weighted by atomic mass is 9.89. The Balaban J connectivity index is 1.26. The average Bonchev–Trinajstić information content (AvgIpc) is 3.12. The molecule has 0 unspecified atom stereocenters. The van der Waals surface area contributed by atoms with Crippen LogP contribution in [0.25, 0.3) is 0 Å². The summed E-state index contributed by atoms with van der Waals surface area (Å²) in [5.74, 6) is -0.153. The molecule has 4 rings (SSSR count). The highest BCUT2D eigenvalue weighted by Gasteiger charge is 2.39. The quantitative estimate of drug-likeness (QED) is 0.883. The molecule has 1 spiro atoms. The maximum Gasteiger partial charge on any atom is 0.317 e. The van der Waals surface area contributed by atoms with Crippen LogP contribution < -0.4 is 5.32 Å². The van der Waals surface area contributed by atoms with Gasteiger partial charge < -0.3 is 15.0 Å². The first-order valence-electron chi connectivity index (χ1n) is 10.3. The molecule has 1 aromatic rings. The van der Waals surface area contributed by atoms with Gasteiger partial charge in [0.25, 0.3) is 0 Å². The number of carbonyl (C=O) groups excluding carboxylic acids is 1. The molecule has 1 N–H and O–H groups in total. The molecule has 3 heterocycles. The van der Waals surface area contributed by atoms with Crippen molar-refractivity contribution in [1.29, 1.82) is 0 Å². The van der Waals surface area contributed by atoms with Crippen LogP contribution in [0.5, 0.6) is 0 Å². The van der Waals surface area contributed by atoms with E-state index in [2.05, 4.69) is 10.2 Å². The number of piperidine rings is 2. The minimum absolute atomic E-state index is 0.0399. The number of rotatable bonds is 3. The Morgan fingerprint density at radius 1 is 1.19 bits per heavy atom. The van der Waals surface area contributed by atoms with Crippen LogP contribution in [0, 0.1) is 5.82 Å². The van der Waals surface area contributed by atoms with E-state index < -0.39 is 0 Å². The molecule has 5 nitrogen and oxygen atoms in total. The van der Waals surface area contributed by atoms with Crippen LogP contribution in [-0.2, 0) is 11.3 Å². The Morgan fingerprint density at radius 2 is 2.00 bits per heavy atom. The van der Waals surface area contributed by atoms with E-state index >= 15 is 0 Å². The summed E-state index contributed by atoms with van der Waals surface area (Å²) in [6, 6.07) is 7.12. The van der Waals surface area contributed by atoms with Crippen molar-refractivity contribution in [3.05, 3.63) is 35.6 Å². The van der Waals surface area contributed by atoms with Gasteiger partial charge in [-0.25, -0.2) is 9.18 Å². The maximum absolute atomic E-state index is 13.9. The summed E-state index contributed by atoms with van der Waals surface area (Å²) in [6.45, 7) is 4.74. The standard InChI is InChI=1S/C21H30FN3O2/c22-19-7-2-1-5-17(19)15-24-11-3-6-18(16-24)23-20(26)25-12-9-21(10-13-25)8-4-14-27-21/h1-2,5,7,18H,3-4,6,8-16H2,(H,23,26)/t18-/m0/s1. The van der Waals surface area contributed by atoms with Crippen molar-refractivity contribution < 1.29 is 13.9 Å². The minimum Gasteiger partial charge on any atom is -0.375 e. The lowest BCUT2D eigenvalue weighted by molar-refractivity contribution is -0.0363. The third-order valence-corrected chi connectivity index (χ3v) is 6.33. The summed E-state index contributed by atoms with van der Waals surface area (Å²) in [4.78, 5) is 16.9. The Kier molecular flexibility index (Phi) is 5.64. The fourth-order valence-corrected chi connectivity index (χ4v) is 4.72. The highest BCUT2D eigenvalue weighted by Crippen LogP contribution is 2.35. The van der Waals surface area contributed by atoms with Crippen molar-refractivity contribution >= 4 is 6.03 Å². The monoisotopic (exact) mass is 375 g/mol. The second-order valence-electron chi connectivity index (χ2n) is 8.24. The number of hydrogen-bond donors (Lipinski definition) is 1. The molecule has 0 aromatic heterocycles. The predicted octanol–water partition coefficient (Wildman–Crippen LogP) is 3.14. The van der Waals surface area contributed by atoms with E-state index in [-0.39, 0.29) is 23.5 Å². The molecule has 0 bridgehead atoms. The summed E-state index contributed by atoms with van der Waals surface area (Å²) in [6.07, 6.45) is 6.19. The molecule has 1 atom stereocenters. The van der Waals surface area contributed by atoms with Gasteiger partial charge in [-0.15, -0.1) is 0 Å². The van der Waals surface area contributed by atoms with Gasteiger partial charge in [0, 0.05) is 44.4 Å². The SMILES string of the molecule is O=C(N[C@H]1CCCN(Cc2ccccc2F)C1)N1CCC2(CCCO2)CC1. The van der Waals surface area contributed by atoms with Crippen molar-refractivity contribution in [3.8, 4) is 0 Å². The van der Waals surface area contributed by atoms with Crippen LogP contribution in [0.1, 0.15) is 44.1 Å². The van der Waals surface area contributed by atoms with Crippen LogP contribution in [0.4, 0.5) is 9.18 Å². The Morgan fingerprint density at radius 3 is 2.74 bits per heavy atom. The van der Waals surface area contributed by atoms with E-state index in [1.165, 1.54) is 6.07 Å². The lowest BCUT2D eigenvalue weighted by Gasteiger charge is -2.40. The second kappa shape index (κ2) is 8.15. The number of hydrogen-bond acceptors (Lipinski definition) is 3. The van der Waals surface area contributed by atoms with Crippen molar-refractivity contribution in [2.75, 3.05) is 32.8 Å². The van der Waals surface area contributed by atoms with Gasteiger partial charge in [0.15, 0.2) is 0 Å². The van der Waals surface area contributed by atoms with Crippen LogP contribution >= 0.6 is 0 Å². The average molecular weight is 375 g/mol. The van der Waals surface area contributed by atoms with Crippen molar-refractivity contribution in [2.24, 2.45) is 0 Å². The number of nitrogens with one attached hydrogen (secondary N) is 1. The molecule has 0 radical (unpaired) electrons. The summed E-state index contributed by atoms with van der Waals surface area (Å²) in [5.41, 5.74) is 0.764. The third kappa shape index (κ3) is 4.43. The van der Waals surface area contributed by atoms with E-state index in [4.69, 9.17) is 4.74 Å². The predicted molar refractivity (Wildman–Crippen MR) is 102 cm³/mol. The number of halogens is 1.